The average molecular weight is 673 g/mol. The number of nitrogens with zero attached hydrogens (tertiary/aromatic N) is 2. The molecule has 4 aromatic rings. The molecule has 0 fully saturated rings. The summed E-state index contributed by atoms with van der Waals surface area (Å²) in [5, 5.41) is 0. The number of hydrogen-bond acceptors (Lipinski definition) is 10. The first-order valence-corrected chi connectivity index (χ1v) is 16.5. The van der Waals surface area contributed by atoms with Gasteiger partial charge in [0, 0.05) is 12.7 Å². The summed E-state index contributed by atoms with van der Waals surface area (Å²) in [4.78, 5) is 33.1. The van der Waals surface area contributed by atoms with Crippen LogP contribution in [0.3, 0.4) is 0 Å². The maximum absolute atomic E-state index is 14.3. The lowest BCUT2D eigenvalue weighted by molar-refractivity contribution is -0.140. The van der Waals surface area contributed by atoms with Gasteiger partial charge in [-0.3, -0.25) is 9.36 Å². The molecule has 0 N–H and O–H groups in total. The number of hydrogen-bond donors (Lipinski definition) is 0. The fourth-order valence-electron chi connectivity index (χ4n) is 5.45. The number of ether oxygens (including phenoxy) is 6. The minimum atomic E-state index is -0.882. The van der Waals surface area contributed by atoms with Crippen LogP contribution in [0.25, 0.3) is 6.08 Å². The molecule has 252 valence electrons. The molecule has 2 heterocycles. The molecular formula is C37H40N2O8S. The van der Waals surface area contributed by atoms with E-state index in [1.807, 2.05) is 56.3 Å². The highest BCUT2D eigenvalue weighted by molar-refractivity contribution is 7.07. The Morgan fingerprint density at radius 3 is 2.44 bits per heavy atom. The fourth-order valence-corrected chi connectivity index (χ4v) is 6.49. The van der Waals surface area contributed by atoms with Gasteiger partial charge in [0.2, 0.25) is 0 Å². The number of thiazole rings is 1. The van der Waals surface area contributed by atoms with Crippen molar-refractivity contribution >= 4 is 23.4 Å². The quantitative estimate of drug-likeness (QED) is 0.134. The molecule has 3 aromatic carbocycles. The van der Waals surface area contributed by atoms with Crippen LogP contribution in [-0.4, -0.2) is 51.7 Å². The molecule has 48 heavy (non-hydrogen) atoms. The first-order valence-electron chi connectivity index (χ1n) is 15.6. The van der Waals surface area contributed by atoms with Crippen molar-refractivity contribution in [3.63, 3.8) is 0 Å². The molecule has 0 saturated heterocycles. The van der Waals surface area contributed by atoms with Crippen LogP contribution < -0.4 is 33.8 Å². The molecule has 1 aromatic heterocycles. The Morgan fingerprint density at radius 2 is 1.71 bits per heavy atom. The average Bonchev–Trinajstić information content (AvgIpc) is 3.39. The van der Waals surface area contributed by atoms with Crippen LogP contribution in [0, 0.1) is 6.92 Å². The van der Waals surface area contributed by atoms with Crippen LogP contribution in [0.15, 0.2) is 81.7 Å². The van der Waals surface area contributed by atoms with Crippen LogP contribution in [0.1, 0.15) is 48.6 Å². The lowest BCUT2D eigenvalue weighted by Crippen LogP contribution is -2.40. The number of esters is 1. The Labute approximate surface area is 283 Å². The second kappa shape index (κ2) is 15.8. The van der Waals surface area contributed by atoms with E-state index in [-0.39, 0.29) is 24.3 Å². The molecule has 1 aliphatic heterocycles. The number of allylic oxidation sites excluding steroid dienone is 1. The fraction of sp³-hybridized carbons (Fsp3) is 0.324. The molecule has 11 heteroatoms. The molecule has 1 atom stereocenters. The van der Waals surface area contributed by atoms with E-state index < -0.39 is 12.0 Å². The van der Waals surface area contributed by atoms with Crippen molar-refractivity contribution in [3.8, 4) is 23.0 Å². The van der Waals surface area contributed by atoms with Gasteiger partial charge in [0.05, 0.1) is 43.2 Å². The van der Waals surface area contributed by atoms with Gasteiger partial charge in [-0.15, -0.1) is 0 Å². The number of rotatable bonds is 14. The summed E-state index contributed by atoms with van der Waals surface area (Å²) in [7, 11) is 4.66. The second-order valence-electron chi connectivity index (χ2n) is 11.1. The smallest absolute Gasteiger partial charge is 0.338 e. The molecule has 0 bridgehead atoms. The molecule has 10 nitrogen and oxygen atoms in total. The van der Waals surface area contributed by atoms with E-state index in [9.17, 15) is 9.59 Å². The maximum Gasteiger partial charge on any atom is 0.338 e. The number of para-hydroxylation sites is 1. The number of benzene rings is 3. The zero-order valence-electron chi connectivity index (χ0n) is 28.0. The van der Waals surface area contributed by atoms with E-state index in [2.05, 4.69) is 6.07 Å². The minimum absolute atomic E-state index is 0.0487. The molecule has 0 radical (unpaired) electrons. The highest BCUT2D eigenvalue weighted by Crippen LogP contribution is 2.41. The van der Waals surface area contributed by atoms with Crippen LogP contribution in [-0.2, 0) is 20.9 Å². The van der Waals surface area contributed by atoms with E-state index in [0.717, 1.165) is 23.1 Å². The highest BCUT2D eigenvalue weighted by Gasteiger charge is 2.36. The van der Waals surface area contributed by atoms with Gasteiger partial charge in [-0.05, 0) is 55.7 Å². The van der Waals surface area contributed by atoms with Crippen LogP contribution >= 0.6 is 11.3 Å². The number of carbonyl (C=O) groups is 1. The SMILES string of the molecule is CCCOc1c(OC)cccc1[C@@H]1C(C(=O)OCCOC)=C(C)N=c2s/c(=C/c3ccc(OCc4cccc(C)c4)c(OC)c3)c(=O)n21. The van der Waals surface area contributed by atoms with E-state index in [1.54, 1.807) is 39.4 Å². The Balaban J connectivity index is 1.59. The Morgan fingerprint density at radius 1 is 0.917 bits per heavy atom. The predicted molar refractivity (Wildman–Crippen MR) is 184 cm³/mol. The largest absolute Gasteiger partial charge is 0.493 e. The van der Waals surface area contributed by atoms with Gasteiger partial charge < -0.3 is 28.4 Å². The number of aromatic nitrogens is 1. The zero-order valence-corrected chi connectivity index (χ0v) is 28.8. The third-order valence-electron chi connectivity index (χ3n) is 7.70. The van der Waals surface area contributed by atoms with Gasteiger partial charge in [0.1, 0.15) is 19.3 Å². The van der Waals surface area contributed by atoms with Crippen molar-refractivity contribution in [1.29, 1.82) is 0 Å². The first kappa shape index (κ1) is 34.5. The summed E-state index contributed by atoms with van der Waals surface area (Å²) >= 11 is 1.23. The normalized spacial score (nSPS) is 14.3. The zero-order chi connectivity index (χ0) is 34.2. The molecule has 0 amide bonds. The lowest BCUT2D eigenvalue weighted by atomic mass is 9.94. The van der Waals surface area contributed by atoms with Crippen LogP contribution in [0.2, 0.25) is 0 Å². The van der Waals surface area contributed by atoms with Crippen molar-refractivity contribution < 1.29 is 33.2 Å². The van der Waals surface area contributed by atoms with E-state index in [0.29, 0.717) is 56.8 Å². The summed E-state index contributed by atoms with van der Waals surface area (Å²) in [6, 6.07) is 18.2. The molecular weight excluding hydrogens is 632 g/mol. The number of methoxy groups -OCH3 is 3. The minimum Gasteiger partial charge on any atom is -0.493 e. The Bertz CT molecular complexity index is 1990. The van der Waals surface area contributed by atoms with E-state index in [4.69, 9.17) is 33.4 Å². The monoisotopic (exact) mass is 672 g/mol. The summed E-state index contributed by atoms with van der Waals surface area (Å²) in [6.07, 6.45) is 2.53. The Hall–Kier alpha value is -4.87. The second-order valence-corrected chi connectivity index (χ2v) is 12.1. The van der Waals surface area contributed by atoms with Crippen molar-refractivity contribution in [1.82, 2.24) is 4.57 Å². The van der Waals surface area contributed by atoms with Gasteiger partial charge in [-0.25, -0.2) is 9.79 Å². The molecule has 0 unspecified atom stereocenters. The summed E-state index contributed by atoms with van der Waals surface area (Å²) in [6.45, 7) is 6.86. The maximum atomic E-state index is 14.3. The Kier molecular flexibility index (Phi) is 11.4. The molecule has 0 spiro atoms. The third kappa shape index (κ3) is 7.48. The molecule has 5 rings (SSSR count). The summed E-state index contributed by atoms with van der Waals surface area (Å²) in [5.74, 6) is 1.46. The van der Waals surface area contributed by atoms with Gasteiger partial charge in [-0.1, -0.05) is 66.3 Å². The van der Waals surface area contributed by atoms with Crippen molar-refractivity contribution in [3.05, 3.63) is 114 Å². The topological polar surface area (TPSA) is 107 Å². The van der Waals surface area contributed by atoms with Gasteiger partial charge in [0.15, 0.2) is 27.8 Å². The summed E-state index contributed by atoms with van der Waals surface area (Å²) in [5.41, 5.74) is 3.88. The number of carbonyl (C=O) groups excluding carboxylic acids is 1. The standard InChI is InChI=1S/C37H40N2O8S/c1-7-16-45-34-27(12-9-13-29(34)43-5)33-32(36(41)46-18-17-42-4)24(3)38-37-39(33)35(40)31(48-37)21-25-14-15-28(30(20-25)44-6)47-22-26-11-8-10-23(2)19-26/h8-15,19-21,33H,7,16-18,22H2,1-6H3/b31-21+/t33-/m1/s1. The number of fused-ring (bicyclic) bond motifs is 1. The number of aryl methyl sites for hydroxylation is 1. The molecule has 1 aliphatic rings. The van der Waals surface area contributed by atoms with Crippen molar-refractivity contribution in [2.75, 3.05) is 41.2 Å². The predicted octanol–water partition coefficient (Wildman–Crippen LogP) is 5.12. The summed E-state index contributed by atoms with van der Waals surface area (Å²) < 4.78 is 36.1. The molecule has 0 saturated carbocycles. The van der Waals surface area contributed by atoms with E-state index in [1.165, 1.54) is 23.0 Å². The van der Waals surface area contributed by atoms with Gasteiger partial charge in [0.25, 0.3) is 5.56 Å². The van der Waals surface area contributed by atoms with Gasteiger partial charge >= 0.3 is 5.97 Å². The van der Waals surface area contributed by atoms with Crippen LogP contribution in [0.4, 0.5) is 0 Å². The van der Waals surface area contributed by atoms with Crippen molar-refractivity contribution in [2.45, 2.75) is 39.8 Å². The van der Waals surface area contributed by atoms with Crippen LogP contribution in [0.5, 0.6) is 23.0 Å². The molecule has 0 aliphatic carbocycles. The van der Waals surface area contributed by atoms with Gasteiger partial charge in [-0.2, -0.15) is 0 Å². The third-order valence-corrected chi connectivity index (χ3v) is 8.68. The first-order chi connectivity index (χ1) is 23.3. The highest BCUT2D eigenvalue weighted by atomic mass is 32.1. The van der Waals surface area contributed by atoms with E-state index >= 15 is 0 Å². The van der Waals surface area contributed by atoms with Crippen molar-refractivity contribution in [2.24, 2.45) is 4.99 Å². The lowest BCUT2D eigenvalue weighted by Gasteiger charge is -2.27.